The number of nitro groups is 2. The monoisotopic (exact) mass is 256 g/mol. The van der Waals surface area contributed by atoms with Gasteiger partial charge in [-0.1, -0.05) is 0 Å². The number of ether oxygens (including phenoxy) is 2. The molecule has 9 nitrogen and oxygen atoms in total. The van der Waals surface area contributed by atoms with Crippen LogP contribution in [0.1, 0.15) is 6.92 Å². The molecule has 0 saturated carbocycles. The van der Waals surface area contributed by atoms with Gasteiger partial charge in [0.05, 0.1) is 17.0 Å². The molecule has 1 rings (SSSR count). The van der Waals surface area contributed by atoms with Crippen LogP contribution in [0.3, 0.4) is 0 Å². The minimum atomic E-state index is -0.884. The first-order chi connectivity index (χ1) is 8.36. The van der Waals surface area contributed by atoms with Crippen LogP contribution in [0.25, 0.3) is 0 Å². The Morgan fingerprint density at radius 1 is 1.11 bits per heavy atom. The Labute approximate surface area is 100 Å². The van der Waals surface area contributed by atoms with Crippen LogP contribution < -0.4 is 9.47 Å². The fourth-order valence-corrected chi connectivity index (χ4v) is 1.22. The van der Waals surface area contributed by atoms with E-state index in [9.17, 15) is 25.0 Å². The van der Waals surface area contributed by atoms with Crippen molar-refractivity contribution in [1.29, 1.82) is 0 Å². The second kappa shape index (κ2) is 5.08. The minimum absolute atomic E-state index is 0.234. The zero-order chi connectivity index (χ0) is 13.9. The molecule has 0 heterocycles. The molecule has 9 heteroatoms. The lowest BCUT2D eigenvalue weighted by Gasteiger charge is -2.06. The van der Waals surface area contributed by atoms with Crippen LogP contribution in [0.5, 0.6) is 11.5 Å². The van der Waals surface area contributed by atoms with Gasteiger partial charge >= 0.3 is 17.3 Å². The molecule has 0 bridgehead atoms. The van der Waals surface area contributed by atoms with Crippen molar-refractivity contribution < 1.29 is 24.1 Å². The van der Waals surface area contributed by atoms with Gasteiger partial charge < -0.3 is 9.47 Å². The van der Waals surface area contributed by atoms with E-state index in [1.165, 1.54) is 0 Å². The largest absolute Gasteiger partial charge is 0.490 e. The second-order valence-corrected chi connectivity index (χ2v) is 3.10. The summed E-state index contributed by atoms with van der Waals surface area (Å²) in [5.41, 5.74) is -1.27. The van der Waals surface area contributed by atoms with Crippen molar-refractivity contribution >= 4 is 17.3 Å². The van der Waals surface area contributed by atoms with Gasteiger partial charge in [-0.05, 0) is 0 Å². The van der Waals surface area contributed by atoms with E-state index in [1.807, 2.05) is 0 Å². The van der Waals surface area contributed by atoms with Crippen molar-refractivity contribution in [1.82, 2.24) is 0 Å². The standard InChI is InChI=1S/C9H8N2O7/c1-5(12)18-9-4-8(17-2)6(10(13)14)3-7(9)11(15)16/h3-4H,1-2H3. The Balaban J connectivity index is 3.46. The predicted octanol–water partition coefficient (Wildman–Crippen LogP) is 1.44. The summed E-state index contributed by atoms with van der Waals surface area (Å²) >= 11 is 0. The van der Waals surface area contributed by atoms with Gasteiger partial charge in [-0.3, -0.25) is 25.0 Å². The maximum absolute atomic E-state index is 10.8. The number of rotatable bonds is 4. The fourth-order valence-electron chi connectivity index (χ4n) is 1.22. The van der Waals surface area contributed by atoms with Crippen LogP contribution in [-0.2, 0) is 4.79 Å². The summed E-state index contributed by atoms with van der Waals surface area (Å²) in [6.45, 7) is 1.05. The SMILES string of the molecule is COc1cc(OC(C)=O)c([N+](=O)[O-])cc1[N+](=O)[O-]. The molecule has 1 aromatic carbocycles. The van der Waals surface area contributed by atoms with E-state index >= 15 is 0 Å². The molecule has 0 unspecified atom stereocenters. The van der Waals surface area contributed by atoms with Crippen LogP contribution in [0.4, 0.5) is 11.4 Å². The molecular formula is C9H8N2O7. The molecule has 0 N–H and O–H groups in total. The van der Waals surface area contributed by atoms with E-state index in [-0.39, 0.29) is 5.75 Å². The van der Waals surface area contributed by atoms with Gasteiger partial charge in [-0.25, -0.2) is 0 Å². The Kier molecular flexibility index (Phi) is 3.77. The summed E-state index contributed by atoms with van der Waals surface area (Å²) in [5.74, 6) is -1.43. The first kappa shape index (κ1) is 13.4. The molecule has 96 valence electrons. The van der Waals surface area contributed by atoms with Crippen LogP contribution in [0.2, 0.25) is 0 Å². The van der Waals surface area contributed by atoms with Crippen molar-refractivity contribution in [3.8, 4) is 11.5 Å². The molecule has 0 atom stereocenters. The van der Waals surface area contributed by atoms with E-state index in [1.54, 1.807) is 0 Å². The van der Waals surface area contributed by atoms with E-state index in [4.69, 9.17) is 4.74 Å². The Morgan fingerprint density at radius 2 is 1.61 bits per heavy atom. The van der Waals surface area contributed by atoms with Crippen molar-refractivity contribution in [2.45, 2.75) is 6.92 Å². The highest BCUT2D eigenvalue weighted by atomic mass is 16.6. The van der Waals surface area contributed by atoms with Gasteiger partial charge in [0.1, 0.15) is 6.07 Å². The fraction of sp³-hybridized carbons (Fsp3) is 0.222. The molecule has 0 spiro atoms. The van der Waals surface area contributed by atoms with Gasteiger partial charge in [0.2, 0.25) is 11.5 Å². The molecule has 0 radical (unpaired) electrons. The highest BCUT2D eigenvalue weighted by Gasteiger charge is 2.27. The van der Waals surface area contributed by atoms with E-state index in [0.29, 0.717) is 6.07 Å². The molecule has 0 fully saturated rings. The number of hydrogen-bond donors (Lipinski definition) is 0. The normalized spacial score (nSPS) is 9.67. The molecule has 0 aromatic heterocycles. The number of hydrogen-bond acceptors (Lipinski definition) is 7. The summed E-state index contributed by atoms with van der Waals surface area (Å²) in [7, 11) is 1.16. The molecular weight excluding hydrogens is 248 g/mol. The number of carbonyl (C=O) groups is 1. The van der Waals surface area contributed by atoms with Crippen LogP contribution in [0, 0.1) is 20.2 Å². The van der Waals surface area contributed by atoms with Crippen molar-refractivity contribution in [2.24, 2.45) is 0 Å². The summed E-state index contributed by atoms with van der Waals surface area (Å²) in [6, 6.07) is 1.61. The first-order valence-corrected chi connectivity index (χ1v) is 4.56. The summed E-state index contributed by atoms with van der Waals surface area (Å²) in [6.07, 6.45) is 0. The average Bonchev–Trinajstić information content (AvgIpc) is 2.26. The third-order valence-corrected chi connectivity index (χ3v) is 1.91. The molecule has 0 aliphatic carbocycles. The molecule has 18 heavy (non-hydrogen) atoms. The second-order valence-electron chi connectivity index (χ2n) is 3.10. The number of methoxy groups -OCH3 is 1. The smallest absolute Gasteiger partial charge is 0.318 e. The number of benzene rings is 1. The van der Waals surface area contributed by atoms with Crippen molar-refractivity contribution in [3.05, 3.63) is 32.4 Å². The zero-order valence-electron chi connectivity index (χ0n) is 9.41. The molecule has 0 saturated heterocycles. The summed E-state index contributed by atoms with van der Waals surface area (Å²) in [4.78, 5) is 30.5. The Morgan fingerprint density at radius 3 is 2.00 bits per heavy atom. The van der Waals surface area contributed by atoms with Gasteiger partial charge in [0.25, 0.3) is 0 Å². The van der Waals surface area contributed by atoms with E-state index in [0.717, 1.165) is 20.1 Å². The zero-order valence-corrected chi connectivity index (χ0v) is 9.41. The Bertz CT molecular complexity index is 526. The van der Waals surface area contributed by atoms with Gasteiger partial charge in [0.15, 0.2) is 0 Å². The van der Waals surface area contributed by atoms with Crippen molar-refractivity contribution in [3.63, 3.8) is 0 Å². The van der Waals surface area contributed by atoms with E-state index in [2.05, 4.69) is 4.74 Å². The number of carbonyl (C=O) groups excluding carboxylic acids is 1. The van der Waals surface area contributed by atoms with E-state index < -0.39 is 32.9 Å². The minimum Gasteiger partial charge on any atom is -0.490 e. The van der Waals surface area contributed by atoms with Crippen molar-refractivity contribution in [2.75, 3.05) is 7.11 Å². The summed E-state index contributed by atoms with van der Waals surface area (Å²) in [5, 5.41) is 21.4. The molecule has 0 aliphatic heterocycles. The predicted molar refractivity (Wildman–Crippen MR) is 57.6 cm³/mol. The van der Waals surface area contributed by atoms with Crippen LogP contribution in [0.15, 0.2) is 12.1 Å². The summed E-state index contributed by atoms with van der Waals surface area (Å²) < 4.78 is 9.31. The third kappa shape index (κ3) is 2.70. The maximum atomic E-state index is 10.8. The lowest BCUT2D eigenvalue weighted by Crippen LogP contribution is -2.05. The van der Waals surface area contributed by atoms with Crippen LogP contribution in [-0.4, -0.2) is 22.9 Å². The number of esters is 1. The lowest BCUT2D eigenvalue weighted by molar-refractivity contribution is -0.395. The quantitative estimate of drug-likeness (QED) is 0.345. The molecule has 0 aliphatic rings. The van der Waals surface area contributed by atoms with Gasteiger partial charge in [-0.2, -0.15) is 0 Å². The van der Waals surface area contributed by atoms with Crippen LogP contribution >= 0.6 is 0 Å². The molecule has 1 aromatic rings. The third-order valence-electron chi connectivity index (χ3n) is 1.91. The van der Waals surface area contributed by atoms with Gasteiger partial charge in [0, 0.05) is 13.0 Å². The van der Waals surface area contributed by atoms with Gasteiger partial charge in [-0.15, -0.1) is 0 Å². The number of nitrogens with zero attached hydrogens (tertiary/aromatic N) is 2. The topological polar surface area (TPSA) is 122 Å². The Hall–Kier alpha value is -2.71. The maximum Gasteiger partial charge on any atom is 0.318 e. The number of nitro benzene ring substituents is 2. The highest BCUT2D eigenvalue weighted by molar-refractivity contribution is 5.73. The average molecular weight is 256 g/mol. The first-order valence-electron chi connectivity index (χ1n) is 4.56. The highest BCUT2D eigenvalue weighted by Crippen LogP contribution is 2.38. The lowest BCUT2D eigenvalue weighted by atomic mass is 10.2. The molecule has 0 amide bonds.